The summed E-state index contributed by atoms with van der Waals surface area (Å²) in [6, 6.07) is 34.2. The molecule has 7 heteroatoms. The van der Waals surface area contributed by atoms with E-state index in [1.54, 1.807) is 5.01 Å². The molecule has 4 aromatic rings. The highest BCUT2D eigenvalue weighted by molar-refractivity contribution is 5.76. The van der Waals surface area contributed by atoms with Gasteiger partial charge in [0.1, 0.15) is 10.9 Å². The summed E-state index contributed by atoms with van der Waals surface area (Å²) in [6.45, 7) is 0.956. The summed E-state index contributed by atoms with van der Waals surface area (Å²) in [4.78, 5) is 12.2. The average molecular weight is 504 g/mol. The SMILES string of the molecule is NCCCN1N=c2c(ccc3c2=CN(C(c2ccccc2)(c2ccccc2)c2ccccc2)N3)C1C(=O)O. The second-order valence-electron chi connectivity index (χ2n) is 9.53. The molecule has 0 fully saturated rings. The van der Waals surface area contributed by atoms with E-state index in [9.17, 15) is 9.90 Å². The van der Waals surface area contributed by atoms with Crippen LogP contribution in [0.3, 0.4) is 0 Å². The largest absolute Gasteiger partial charge is 0.479 e. The Morgan fingerprint density at radius 1 is 0.868 bits per heavy atom. The van der Waals surface area contributed by atoms with Gasteiger partial charge in [0, 0.05) is 23.5 Å². The lowest BCUT2D eigenvalue weighted by molar-refractivity contribution is -0.143. The third-order valence-electron chi connectivity index (χ3n) is 7.33. The van der Waals surface area contributed by atoms with Gasteiger partial charge in [-0.15, -0.1) is 0 Å². The number of anilines is 1. The van der Waals surface area contributed by atoms with Gasteiger partial charge in [0.15, 0.2) is 6.04 Å². The zero-order chi connectivity index (χ0) is 26.1. The van der Waals surface area contributed by atoms with E-state index in [4.69, 9.17) is 10.8 Å². The minimum absolute atomic E-state index is 0.474. The molecule has 2 aliphatic heterocycles. The Hall–Kier alpha value is -4.62. The molecule has 38 heavy (non-hydrogen) atoms. The van der Waals surface area contributed by atoms with Crippen LogP contribution in [0.5, 0.6) is 0 Å². The lowest BCUT2D eigenvalue weighted by Crippen LogP contribution is -2.46. The van der Waals surface area contributed by atoms with Gasteiger partial charge in [-0.1, -0.05) is 97.1 Å². The first-order chi connectivity index (χ1) is 18.6. The van der Waals surface area contributed by atoms with Gasteiger partial charge in [-0.3, -0.25) is 15.4 Å². The fourth-order valence-electron chi connectivity index (χ4n) is 5.65. The van der Waals surface area contributed by atoms with E-state index in [0.717, 1.165) is 27.6 Å². The van der Waals surface area contributed by atoms with Gasteiger partial charge in [-0.25, -0.2) is 4.79 Å². The first-order valence-corrected chi connectivity index (χ1v) is 12.8. The molecular weight excluding hydrogens is 474 g/mol. The summed E-state index contributed by atoms with van der Waals surface area (Å²) >= 11 is 0. The summed E-state index contributed by atoms with van der Waals surface area (Å²) in [6.07, 6.45) is 2.73. The Morgan fingerprint density at radius 2 is 1.42 bits per heavy atom. The van der Waals surface area contributed by atoms with E-state index in [2.05, 4.69) is 89.4 Å². The van der Waals surface area contributed by atoms with Crippen molar-refractivity contribution in [1.29, 1.82) is 0 Å². The Balaban J connectivity index is 1.60. The van der Waals surface area contributed by atoms with Crippen molar-refractivity contribution >= 4 is 17.9 Å². The summed E-state index contributed by atoms with van der Waals surface area (Å²) < 4.78 is 0. The Morgan fingerprint density at radius 3 is 1.92 bits per heavy atom. The van der Waals surface area contributed by atoms with E-state index < -0.39 is 17.6 Å². The molecule has 7 nitrogen and oxygen atoms in total. The number of nitrogens with one attached hydrogen (secondary N) is 1. The second kappa shape index (κ2) is 9.68. The second-order valence-corrected chi connectivity index (χ2v) is 9.53. The molecule has 4 aromatic carbocycles. The van der Waals surface area contributed by atoms with Crippen molar-refractivity contribution in [3.8, 4) is 0 Å². The van der Waals surface area contributed by atoms with E-state index in [1.807, 2.05) is 30.3 Å². The highest BCUT2D eigenvalue weighted by Crippen LogP contribution is 2.43. The molecule has 0 aromatic heterocycles. The van der Waals surface area contributed by atoms with Crippen molar-refractivity contribution in [1.82, 2.24) is 10.0 Å². The third-order valence-corrected chi connectivity index (χ3v) is 7.33. The fourth-order valence-corrected chi connectivity index (χ4v) is 5.65. The number of hydrazine groups is 1. The molecule has 1 atom stereocenters. The molecule has 1 unspecified atom stereocenters. The standard InChI is InChI=1S/C31H29N5O2/c32-19-10-20-35-29(30(37)38)25-17-18-27-26(28(25)34-35)21-36(33-27)31(22-11-4-1-5-12-22,23-13-6-2-7-14-23)24-15-8-3-9-16-24/h1-9,11-18,21,29,33H,10,19-20,32H2,(H,37,38). The van der Waals surface area contributed by atoms with Crippen LogP contribution in [0.25, 0.3) is 6.20 Å². The van der Waals surface area contributed by atoms with Gasteiger partial charge in [0.05, 0.1) is 5.69 Å². The maximum Gasteiger partial charge on any atom is 0.332 e. The molecule has 0 saturated heterocycles. The van der Waals surface area contributed by atoms with Crippen molar-refractivity contribution in [2.45, 2.75) is 18.0 Å². The van der Waals surface area contributed by atoms with Crippen LogP contribution < -0.4 is 21.7 Å². The van der Waals surface area contributed by atoms with Crippen LogP contribution in [-0.2, 0) is 10.3 Å². The van der Waals surface area contributed by atoms with Crippen molar-refractivity contribution in [3.63, 3.8) is 0 Å². The predicted molar refractivity (Wildman–Crippen MR) is 147 cm³/mol. The van der Waals surface area contributed by atoms with Crippen LogP contribution in [0, 0.1) is 0 Å². The van der Waals surface area contributed by atoms with E-state index >= 15 is 0 Å². The highest BCUT2D eigenvalue weighted by Gasteiger charge is 2.43. The maximum absolute atomic E-state index is 12.2. The first-order valence-electron chi connectivity index (χ1n) is 12.8. The Kier molecular flexibility index (Phi) is 6.05. The summed E-state index contributed by atoms with van der Waals surface area (Å²) in [5.74, 6) is -0.917. The zero-order valence-corrected chi connectivity index (χ0v) is 20.9. The highest BCUT2D eigenvalue weighted by atomic mass is 16.4. The Labute approximate surface area is 221 Å². The normalized spacial score (nSPS) is 15.8. The van der Waals surface area contributed by atoms with Crippen molar-refractivity contribution in [2.24, 2.45) is 10.8 Å². The van der Waals surface area contributed by atoms with Gasteiger partial charge in [0.25, 0.3) is 0 Å². The number of benzene rings is 4. The average Bonchev–Trinajstić information content (AvgIpc) is 3.56. The van der Waals surface area contributed by atoms with Crippen LogP contribution in [-0.4, -0.2) is 34.2 Å². The molecule has 0 aliphatic carbocycles. The van der Waals surface area contributed by atoms with Gasteiger partial charge in [0.2, 0.25) is 0 Å². The number of nitrogens with zero attached hydrogens (tertiary/aromatic N) is 3. The van der Waals surface area contributed by atoms with Gasteiger partial charge in [-0.05, 0) is 35.7 Å². The Bertz CT molecular complexity index is 1480. The lowest BCUT2D eigenvalue weighted by atomic mass is 9.76. The van der Waals surface area contributed by atoms with Crippen molar-refractivity contribution < 1.29 is 9.90 Å². The quantitative estimate of drug-likeness (QED) is 0.319. The number of nitrogens with two attached hydrogens (primary N) is 1. The topological polar surface area (TPSA) is 94.2 Å². The molecule has 0 amide bonds. The molecule has 6 rings (SSSR count). The maximum atomic E-state index is 12.2. The molecular formula is C31H29N5O2. The fraction of sp³-hybridized carbons (Fsp3) is 0.161. The zero-order valence-electron chi connectivity index (χ0n) is 20.9. The minimum Gasteiger partial charge on any atom is -0.479 e. The van der Waals surface area contributed by atoms with Crippen LogP contribution in [0.1, 0.15) is 34.7 Å². The molecule has 0 saturated carbocycles. The van der Waals surface area contributed by atoms with Crippen LogP contribution in [0.2, 0.25) is 0 Å². The van der Waals surface area contributed by atoms with Gasteiger partial charge < -0.3 is 10.8 Å². The van der Waals surface area contributed by atoms with Crippen LogP contribution in [0.15, 0.2) is 108 Å². The molecule has 4 N–H and O–H groups in total. The smallest absolute Gasteiger partial charge is 0.332 e. The first kappa shape index (κ1) is 23.8. The van der Waals surface area contributed by atoms with Crippen molar-refractivity contribution in [2.75, 3.05) is 18.5 Å². The van der Waals surface area contributed by atoms with Gasteiger partial charge >= 0.3 is 5.97 Å². The molecule has 2 aliphatic rings. The number of aliphatic carboxylic acids is 1. The van der Waals surface area contributed by atoms with E-state index in [-0.39, 0.29) is 0 Å². The number of hydrogen-bond donors (Lipinski definition) is 3. The van der Waals surface area contributed by atoms with Crippen LogP contribution >= 0.6 is 0 Å². The molecule has 0 spiro atoms. The van der Waals surface area contributed by atoms with E-state index in [1.165, 1.54) is 0 Å². The number of fused-ring (bicyclic) bond motifs is 3. The van der Waals surface area contributed by atoms with Crippen molar-refractivity contribution in [3.05, 3.63) is 136 Å². The lowest BCUT2D eigenvalue weighted by Gasteiger charge is -2.43. The molecule has 190 valence electrons. The third kappa shape index (κ3) is 3.71. The summed E-state index contributed by atoms with van der Waals surface area (Å²) in [5, 5.41) is 20.2. The number of hydrogen-bond acceptors (Lipinski definition) is 6. The molecule has 0 bridgehead atoms. The number of carboxylic acids is 1. The minimum atomic E-state index is -0.917. The predicted octanol–water partition coefficient (Wildman–Crippen LogP) is 3.38. The number of carboxylic acid groups (broad SMARTS) is 1. The summed E-state index contributed by atoms with van der Waals surface area (Å²) in [5.41, 5.74) is 13.5. The van der Waals surface area contributed by atoms with Gasteiger partial charge in [-0.2, -0.15) is 5.10 Å². The monoisotopic (exact) mass is 503 g/mol. The van der Waals surface area contributed by atoms with E-state index in [0.29, 0.717) is 30.4 Å². The number of rotatable bonds is 8. The molecule has 0 radical (unpaired) electrons. The summed E-state index contributed by atoms with van der Waals surface area (Å²) in [7, 11) is 0. The molecule has 2 heterocycles. The number of carbonyl (C=O) groups is 1. The van der Waals surface area contributed by atoms with Crippen LogP contribution in [0.4, 0.5) is 5.69 Å².